The maximum atomic E-state index is 13.8. The van der Waals surface area contributed by atoms with E-state index in [1.165, 1.54) is 0 Å². The number of methoxy groups -OCH3 is 2. The Bertz CT molecular complexity index is 1190. The van der Waals surface area contributed by atoms with Gasteiger partial charge in [0.1, 0.15) is 11.5 Å². The molecule has 1 aliphatic heterocycles. The number of rotatable bonds is 7. The van der Waals surface area contributed by atoms with Gasteiger partial charge in [-0.15, -0.1) is 0 Å². The second-order valence-electron chi connectivity index (χ2n) is 9.03. The van der Waals surface area contributed by atoms with E-state index in [-0.39, 0.29) is 17.7 Å². The number of aryl methyl sites for hydroxylation is 1. The fraction of sp³-hybridized carbons (Fsp3) is 0.310. The molecule has 3 aromatic carbocycles. The van der Waals surface area contributed by atoms with Gasteiger partial charge in [0, 0.05) is 43.7 Å². The van der Waals surface area contributed by atoms with Gasteiger partial charge in [0.2, 0.25) is 5.91 Å². The normalized spacial score (nSPS) is 17.2. The quantitative estimate of drug-likeness (QED) is 0.507. The van der Waals surface area contributed by atoms with E-state index in [9.17, 15) is 9.59 Å². The van der Waals surface area contributed by atoms with Crippen molar-refractivity contribution in [2.45, 2.75) is 19.4 Å². The zero-order chi connectivity index (χ0) is 24.9. The largest absolute Gasteiger partial charge is 0.497 e. The van der Waals surface area contributed by atoms with Crippen molar-refractivity contribution in [1.29, 1.82) is 0 Å². The third-order valence-electron chi connectivity index (χ3n) is 6.77. The molecule has 182 valence electrons. The first-order valence-corrected chi connectivity index (χ1v) is 11.8. The van der Waals surface area contributed by atoms with Gasteiger partial charge in [0.15, 0.2) is 0 Å². The Morgan fingerprint density at radius 1 is 0.943 bits per heavy atom. The number of nitrogens with zero attached hydrogens (tertiary/aromatic N) is 2. The van der Waals surface area contributed by atoms with Crippen molar-refractivity contribution in [3.63, 3.8) is 0 Å². The maximum Gasteiger partial charge on any atom is 0.254 e. The van der Waals surface area contributed by atoms with E-state index in [0.29, 0.717) is 36.7 Å². The van der Waals surface area contributed by atoms with Crippen LogP contribution in [0.2, 0.25) is 0 Å². The standard InChI is InChI=1S/C29H32N2O4/c1-20-10-8-9-13-23(20)29(33)31-18-25(24-16-22(34-3)14-15-27(24)35-4)26(19-31)28(32)30(2)17-21-11-6-5-7-12-21/h5-16,25-26H,17-19H2,1-4H3/t25-,26+/m1/s1. The van der Waals surface area contributed by atoms with E-state index in [4.69, 9.17) is 9.47 Å². The van der Waals surface area contributed by atoms with Crippen LogP contribution in [-0.2, 0) is 11.3 Å². The first-order valence-electron chi connectivity index (χ1n) is 11.8. The third-order valence-corrected chi connectivity index (χ3v) is 6.77. The van der Waals surface area contributed by atoms with Gasteiger partial charge in [-0.3, -0.25) is 9.59 Å². The Balaban J connectivity index is 1.68. The Morgan fingerprint density at radius 3 is 2.34 bits per heavy atom. The first kappa shape index (κ1) is 24.3. The molecule has 0 aliphatic carbocycles. The minimum atomic E-state index is -0.405. The van der Waals surface area contributed by atoms with Crippen molar-refractivity contribution >= 4 is 11.8 Å². The highest BCUT2D eigenvalue weighted by Crippen LogP contribution is 2.40. The van der Waals surface area contributed by atoms with Crippen molar-refractivity contribution in [2.75, 3.05) is 34.4 Å². The fourth-order valence-electron chi connectivity index (χ4n) is 4.87. The van der Waals surface area contributed by atoms with E-state index in [1.807, 2.05) is 86.8 Å². The van der Waals surface area contributed by atoms with Crippen LogP contribution in [0.3, 0.4) is 0 Å². The van der Waals surface area contributed by atoms with Crippen LogP contribution in [0.4, 0.5) is 0 Å². The van der Waals surface area contributed by atoms with E-state index < -0.39 is 5.92 Å². The summed E-state index contributed by atoms with van der Waals surface area (Å²) >= 11 is 0. The zero-order valence-corrected chi connectivity index (χ0v) is 20.7. The van der Waals surface area contributed by atoms with E-state index in [2.05, 4.69) is 0 Å². The molecule has 0 saturated carbocycles. The summed E-state index contributed by atoms with van der Waals surface area (Å²) in [5.41, 5.74) is 3.52. The first-order chi connectivity index (χ1) is 16.9. The van der Waals surface area contributed by atoms with Crippen LogP contribution < -0.4 is 9.47 Å². The average Bonchev–Trinajstić information content (AvgIpc) is 3.33. The van der Waals surface area contributed by atoms with Crippen LogP contribution in [0.15, 0.2) is 72.8 Å². The molecule has 1 fully saturated rings. The Kier molecular flexibility index (Phi) is 7.39. The van der Waals surface area contributed by atoms with Gasteiger partial charge in [-0.1, -0.05) is 48.5 Å². The fourth-order valence-corrected chi connectivity index (χ4v) is 4.87. The monoisotopic (exact) mass is 472 g/mol. The van der Waals surface area contributed by atoms with Crippen molar-refractivity contribution in [1.82, 2.24) is 9.80 Å². The molecule has 35 heavy (non-hydrogen) atoms. The SMILES string of the molecule is COc1ccc(OC)c([C@H]2CN(C(=O)c3ccccc3C)C[C@@H]2C(=O)N(C)Cc2ccccc2)c1. The molecular formula is C29H32N2O4. The van der Waals surface area contributed by atoms with E-state index >= 15 is 0 Å². The number of amides is 2. The van der Waals surface area contributed by atoms with Crippen molar-refractivity contribution < 1.29 is 19.1 Å². The molecule has 1 saturated heterocycles. The smallest absolute Gasteiger partial charge is 0.254 e. The van der Waals surface area contributed by atoms with Gasteiger partial charge in [-0.25, -0.2) is 0 Å². The summed E-state index contributed by atoms with van der Waals surface area (Å²) in [6, 6.07) is 23.1. The van der Waals surface area contributed by atoms with Crippen LogP contribution in [-0.4, -0.2) is 56.0 Å². The van der Waals surface area contributed by atoms with E-state index in [1.54, 1.807) is 24.0 Å². The summed E-state index contributed by atoms with van der Waals surface area (Å²) < 4.78 is 11.1. The van der Waals surface area contributed by atoms with Gasteiger partial charge in [0.05, 0.1) is 20.1 Å². The highest BCUT2D eigenvalue weighted by Gasteiger charge is 2.43. The second kappa shape index (κ2) is 10.6. The molecule has 0 aromatic heterocycles. The summed E-state index contributed by atoms with van der Waals surface area (Å²) in [6.07, 6.45) is 0. The summed E-state index contributed by atoms with van der Waals surface area (Å²) in [5, 5.41) is 0. The van der Waals surface area contributed by atoms with E-state index in [0.717, 1.165) is 16.7 Å². The molecule has 2 amide bonds. The molecule has 4 rings (SSSR count). The van der Waals surface area contributed by atoms with Crippen LogP contribution in [0.25, 0.3) is 0 Å². The molecule has 0 unspecified atom stereocenters. The number of ether oxygens (including phenoxy) is 2. The molecule has 0 N–H and O–H groups in total. The molecule has 1 aliphatic rings. The Labute approximate surface area is 207 Å². The van der Waals surface area contributed by atoms with Gasteiger partial charge >= 0.3 is 0 Å². The highest BCUT2D eigenvalue weighted by molar-refractivity contribution is 5.96. The summed E-state index contributed by atoms with van der Waals surface area (Å²) in [7, 11) is 5.06. The van der Waals surface area contributed by atoms with Gasteiger partial charge in [0.25, 0.3) is 5.91 Å². The second-order valence-corrected chi connectivity index (χ2v) is 9.03. The molecule has 1 heterocycles. The number of hydrogen-bond donors (Lipinski definition) is 0. The molecule has 0 radical (unpaired) electrons. The molecule has 6 heteroatoms. The summed E-state index contributed by atoms with van der Waals surface area (Å²) in [5.74, 6) is 0.689. The molecule has 2 atom stereocenters. The molecule has 0 bridgehead atoms. The Morgan fingerprint density at radius 2 is 1.66 bits per heavy atom. The number of benzene rings is 3. The van der Waals surface area contributed by atoms with Gasteiger partial charge in [-0.2, -0.15) is 0 Å². The van der Waals surface area contributed by atoms with Crippen molar-refractivity contribution in [3.8, 4) is 11.5 Å². The summed E-state index contributed by atoms with van der Waals surface area (Å²) in [6.45, 7) is 3.20. The number of hydrogen-bond acceptors (Lipinski definition) is 4. The lowest BCUT2D eigenvalue weighted by molar-refractivity contribution is -0.134. The number of likely N-dealkylation sites (tertiary alicyclic amines) is 1. The Hall–Kier alpha value is -3.80. The lowest BCUT2D eigenvalue weighted by Crippen LogP contribution is -2.36. The van der Waals surface area contributed by atoms with Crippen LogP contribution in [0.1, 0.15) is 33.0 Å². The van der Waals surface area contributed by atoms with Crippen LogP contribution >= 0.6 is 0 Å². The van der Waals surface area contributed by atoms with Crippen molar-refractivity contribution in [2.24, 2.45) is 5.92 Å². The van der Waals surface area contributed by atoms with Crippen molar-refractivity contribution in [3.05, 3.63) is 95.1 Å². The summed E-state index contributed by atoms with van der Waals surface area (Å²) in [4.78, 5) is 30.8. The molecule has 3 aromatic rings. The average molecular weight is 473 g/mol. The van der Waals surface area contributed by atoms with Crippen LogP contribution in [0.5, 0.6) is 11.5 Å². The topological polar surface area (TPSA) is 59.1 Å². The lowest BCUT2D eigenvalue weighted by atomic mass is 9.87. The third kappa shape index (κ3) is 5.16. The van der Waals surface area contributed by atoms with Gasteiger partial charge < -0.3 is 19.3 Å². The number of carbonyl (C=O) groups excluding carboxylic acids is 2. The minimum absolute atomic E-state index is 0.00353. The van der Waals surface area contributed by atoms with Gasteiger partial charge in [-0.05, 0) is 42.3 Å². The predicted octanol–water partition coefficient (Wildman–Crippen LogP) is 4.53. The lowest BCUT2D eigenvalue weighted by Gasteiger charge is -2.25. The molecule has 0 spiro atoms. The highest BCUT2D eigenvalue weighted by atomic mass is 16.5. The minimum Gasteiger partial charge on any atom is -0.497 e. The molecular weight excluding hydrogens is 440 g/mol. The van der Waals surface area contributed by atoms with Crippen LogP contribution in [0, 0.1) is 12.8 Å². The zero-order valence-electron chi connectivity index (χ0n) is 20.7. The maximum absolute atomic E-state index is 13.8. The predicted molar refractivity (Wildman–Crippen MR) is 136 cm³/mol. The molecule has 6 nitrogen and oxygen atoms in total. The number of carbonyl (C=O) groups is 2.